The first-order chi connectivity index (χ1) is 9.53. The lowest BCUT2D eigenvalue weighted by atomic mass is 10.2. The third-order valence-electron chi connectivity index (χ3n) is 2.87. The Kier molecular flexibility index (Phi) is 4.92. The summed E-state index contributed by atoms with van der Waals surface area (Å²) in [7, 11) is -1.61. The highest BCUT2D eigenvalue weighted by atomic mass is 32.2. The molecule has 0 aliphatic heterocycles. The Morgan fingerprint density at radius 2 is 2.25 bits per heavy atom. The fourth-order valence-corrected chi connectivity index (χ4v) is 4.35. The van der Waals surface area contributed by atoms with Crippen molar-refractivity contribution in [3.05, 3.63) is 35.0 Å². The standard InChI is InChI=1S/C12H18N4O2S2/c1-9(10-7-14-15-8-10)16-20(17,18)12-4-3-11(19-12)5-6-13-2/h3-4,7-9,13,16H,5-6H2,1-2H3,(H,14,15). The van der Waals surface area contributed by atoms with E-state index in [-0.39, 0.29) is 6.04 Å². The molecule has 0 amide bonds. The molecule has 0 fully saturated rings. The number of hydrogen-bond acceptors (Lipinski definition) is 5. The van der Waals surface area contributed by atoms with Gasteiger partial charge in [-0.1, -0.05) is 0 Å². The molecule has 0 aliphatic carbocycles. The summed E-state index contributed by atoms with van der Waals surface area (Å²) in [4.78, 5) is 1.05. The fraction of sp³-hybridized carbons (Fsp3) is 0.417. The summed E-state index contributed by atoms with van der Waals surface area (Å²) in [6.07, 6.45) is 4.12. The summed E-state index contributed by atoms with van der Waals surface area (Å²) >= 11 is 1.31. The first-order valence-corrected chi connectivity index (χ1v) is 8.57. The van der Waals surface area contributed by atoms with Crippen molar-refractivity contribution in [2.24, 2.45) is 0 Å². The maximum absolute atomic E-state index is 12.3. The number of aromatic nitrogens is 2. The molecule has 2 heterocycles. The molecule has 1 atom stereocenters. The normalized spacial score (nSPS) is 13.5. The number of likely N-dealkylation sites (N-methyl/N-ethyl adjacent to an activating group) is 1. The van der Waals surface area contributed by atoms with Crippen molar-refractivity contribution in [2.75, 3.05) is 13.6 Å². The molecule has 0 bridgehead atoms. The predicted octanol–water partition coefficient (Wildman–Crippen LogP) is 1.27. The van der Waals surface area contributed by atoms with Crippen molar-refractivity contribution < 1.29 is 8.42 Å². The van der Waals surface area contributed by atoms with Gasteiger partial charge < -0.3 is 5.32 Å². The van der Waals surface area contributed by atoms with E-state index in [0.717, 1.165) is 23.4 Å². The van der Waals surface area contributed by atoms with Crippen LogP contribution in [-0.4, -0.2) is 32.2 Å². The molecule has 20 heavy (non-hydrogen) atoms. The molecular formula is C12H18N4O2S2. The highest BCUT2D eigenvalue weighted by molar-refractivity contribution is 7.91. The summed E-state index contributed by atoms with van der Waals surface area (Å²) in [5.74, 6) is 0. The number of hydrogen-bond donors (Lipinski definition) is 3. The van der Waals surface area contributed by atoms with E-state index in [0.29, 0.717) is 4.21 Å². The van der Waals surface area contributed by atoms with E-state index in [1.54, 1.807) is 25.4 Å². The molecular weight excluding hydrogens is 296 g/mol. The lowest BCUT2D eigenvalue weighted by Crippen LogP contribution is -2.25. The highest BCUT2D eigenvalue weighted by Gasteiger charge is 2.20. The molecule has 0 saturated heterocycles. The maximum Gasteiger partial charge on any atom is 0.250 e. The largest absolute Gasteiger partial charge is 0.319 e. The minimum absolute atomic E-state index is 0.318. The van der Waals surface area contributed by atoms with E-state index in [9.17, 15) is 8.42 Å². The van der Waals surface area contributed by atoms with Crippen LogP contribution in [0.1, 0.15) is 23.4 Å². The molecule has 2 aromatic rings. The van der Waals surface area contributed by atoms with Crippen LogP contribution in [0.5, 0.6) is 0 Å². The van der Waals surface area contributed by atoms with Gasteiger partial charge in [-0.2, -0.15) is 5.10 Å². The van der Waals surface area contributed by atoms with Gasteiger partial charge in [0, 0.05) is 22.7 Å². The van der Waals surface area contributed by atoms with E-state index in [4.69, 9.17) is 0 Å². The zero-order chi connectivity index (χ0) is 14.6. The van der Waals surface area contributed by atoms with E-state index in [2.05, 4.69) is 20.2 Å². The molecule has 0 aliphatic rings. The molecule has 0 saturated carbocycles. The van der Waals surface area contributed by atoms with Crippen LogP contribution < -0.4 is 10.0 Å². The Bertz CT molecular complexity index is 634. The van der Waals surface area contributed by atoms with Crippen LogP contribution in [0.2, 0.25) is 0 Å². The summed E-state index contributed by atoms with van der Waals surface area (Å²) < 4.78 is 27.6. The first-order valence-electron chi connectivity index (χ1n) is 6.27. The number of nitrogens with one attached hydrogen (secondary N) is 3. The van der Waals surface area contributed by atoms with Gasteiger partial charge in [0.1, 0.15) is 4.21 Å². The second-order valence-corrected chi connectivity index (χ2v) is 7.56. The van der Waals surface area contributed by atoms with Gasteiger partial charge in [-0.05, 0) is 39.1 Å². The lowest BCUT2D eigenvalue weighted by molar-refractivity contribution is 0.569. The van der Waals surface area contributed by atoms with Gasteiger partial charge in [-0.25, -0.2) is 13.1 Å². The number of nitrogens with zero attached hydrogens (tertiary/aromatic N) is 1. The van der Waals surface area contributed by atoms with E-state index in [1.807, 2.05) is 13.1 Å². The van der Waals surface area contributed by atoms with E-state index in [1.165, 1.54) is 11.3 Å². The third kappa shape index (κ3) is 3.66. The average Bonchev–Trinajstić information content (AvgIpc) is 3.07. The van der Waals surface area contributed by atoms with Gasteiger partial charge in [0.25, 0.3) is 10.0 Å². The second kappa shape index (κ2) is 6.49. The number of H-pyrrole nitrogens is 1. The van der Waals surface area contributed by atoms with Crippen molar-refractivity contribution in [2.45, 2.75) is 23.6 Å². The van der Waals surface area contributed by atoms with Gasteiger partial charge in [0.15, 0.2) is 0 Å². The van der Waals surface area contributed by atoms with Gasteiger partial charge in [-0.15, -0.1) is 11.3 Å². The van der Waals surface area contributed by atoms with Crippen molar-refractivity contribution in [3.63, 3.8) is 0 Å². The summed E-state index contributed by atoms with van der Waals surface area (Å²) in [5, 5.41) is 9.54. The van der Waals surface area contributed by atoms with Crippen molar-refractivity contribution in [3.8, 4) is 0 Å². The topological polar surface area (TPSA) is 86.9 Å². The third-order valence-corrected chi connectivity index (χ3v) is 6.05. The number of sulfonamides is 1. The quantitative estimate of drug-likeness (QED) is 0.718. The zero-order valence-electron chi connectivity index (χ0n) is 11.4. The van der Waals surface area contributed by atoms with Gasteiger partial charge >= 0.3 is 0 Å². The minimum Gasteiger partial charge on any atom is -0.319 e. The average molecular weight is 314 g/mol. The fourth-order valence-electron chi connectivity index (χ4n) is 1.74. The van der Waals surface area contributed by atoms with Gasteiger partial charge in [0.05, 0.1) is 6.20 Å². The molecule has 2 rings (SSSR count). The highest BCUT2D eigenvalue weighted by Crippen LogP contribution is 2.23. The van der Waals surface area contributed by atoms with Crippen LogP contribution in [0.3, 0.4) is 0 Å². The Balaban J connectivity index is 2.08. The zero-order valence-corrected chi connectivity index (χ0v) is 13.0. The lowest BCUT2D eigenvalue weighted by Gasteiger charge is -2.11. The summed E-state index contributed by atoms with van der Waals surface area (Å²) in [6.45, 7) is 2.62. The van der Waals surface area contributed by atoms with Crippen LogP contribution in [0.25, 0.3) is 0 Å². The number of aromatic amines is 1. The Hall–Kier alpha value is -1.22. The Labute approximate surface area is 122 Å². The van der Waals surface area contributed by atoms with Gasteiger partial charge in [0.2, 0.25) is 0 Å². The molecule has 110 valence electrons. The summed E-state index contributed by atoms with van der Waals surface area (Å²) in [6, 6.07) is 3.20. The SMILES string of the molecule is CNCCc1ccc(S(=O)(=O)NC(C)c2cn[nH]c2)s1. The molecule has 3 N–H and O–H groups in total. The Morgan fingerprint density at radius 1 is 1.45 bits per heavy atom. The minimum atomic E-state index is -3.48. The molecule has 1 unspecified atom stereocenters. The Morgan fingerprint density at radius 3 is 2.90 bits per heavy atom. The molecule has 0 spiro atoms. The first kappa shape index (κ1) is 15.2. The monoisotopic (exact) mass is 314 g/mol. The molecule has 8 heteroatoms. The molecule has 6 nitrogen and oxygen atoms in total. The molecule has 0 radical (unpaired) electrons. The van der Waals surface area contributed by atoms with Crippen molar-refractivity contribution in [1.29, 1.82) is 0 Å². The number of thiophene rings is 1. The van der Waals surface area contributed by atoms with Crippen LogP contribution in [0.4, 0.5) is 0 Å². The summed E-state index contributed by atoms with van der Waals surface area (Å²) in [5.41, 5.74) is 0.806. The van der Waals surface area contributed by atoms with Crippen LogP contribution in [0, 0.1) is 0 Å². The molecule has 2 aromatic heterocycles. The smallest absolute Gasteiger partial charge is 0.250 e. The predicted molar refractivity (Wildman–Crippen MR) is 79.3 cm³/mol. The van der Waals surface area contributed by atoms with E-state index < -0.39 is 10.0 Å². The second-order valence-electron chi connectivity index (χ2n) is 4.45. The maximum atomic E-state index is 12.3. The van der Waals surface area contributed by atoms with Crippen molar-refractivity contribution in [1.82, 2.24) is 20.2 Å². The van der Waals surface area contributed by atoms with Crippen LogP contribution in [-0.2, 0) is 16.4 Å². The molecule has 0 aromatic carbocycles. The van der Waals surface area contributed by atoms with E-state index >= 15 is 0 Å². The van der Waals surface area contributed by atoms with Crippen molar-refractivity contribution >= 4 is 21.4 Å². The van der Waals surface area contributed by atoms with Crippen LogP contribution in [0.15, 0.2) is 28.7 Å². The number of rotatable bonds is 7. The van der Waals surface area contributed by atoms with Crippen LogP contribution >= 0.6 is 11.3 Å². The van der Waals surface area contributed by atoms with Gasteiger partial charge in [-0.3, -0.25) is 5.10 Å².